The van der Waals surface area contributed by atoms with E-state index in [0.717, 1.165) is 20.8 Å². The molecule has 1 aromatic heterocycles. The number of nitrogens with zero attached hydrogens (tertiary/aromatic N) is 1. The number of rotatable bonds is 2. The normalized spacial score (nSPS) is 10.8. The first-order valence-electron chi connectivity index (χ1n) is 5.74. The van der Waals surface area contributed by atoms with Crippen LogP contribution in [0.1, 0.15) is 0 Å². The minimum atomic E-state index is -0.304. The van der Waals surface area contributed by atoms with Crippen LogP contribution in [-0.2, 0) is 0 Å². The number of anilines is 1. The molecule has 3 rings (SSSR count). The number of fused-ring (bicyclic) bond motifs is 1. The number of nitrogens with one attached hydrogen (secondary N) is 1. The summed E-state index contributed by atoms with van der Waals surface area (Å²) in [7, 11) is 1.68. The van der Waals surface area contributed by atoms with Crippen LogP contribution in [0.3, 0.4) is 0 Å². The molecule has 0 aliphatic rings. The molecule has 2 N–H and O–H groups in total. The van der Waals surface area contributed by atoms with Crippen molar-refractivity contribution in [3.63, 3.8) is 0 Å². The predicted octanol–water partition coefficient (Wildman–Crippen LogP) is 3.85. The maximum Gasteiger partial charge on any atom is 0.146 e. The molecule has 0 saturated carbocycles. The van der Waals surface area contributed by atoms with E-state index < -0.39 is 0 Å². The molecule has 3 nitrogen and oxygen atoms in total. The summed E-state index contributed by atoms with van der Waals surface area (Å²) >= 11 is 1.43. The van der Waals surface area contributed by atoms with Gasteiger partial charge in [0.15, 0.2) is 0 Å². The van der Waals surface area contributed by atoms with Gasteiger partial charge in [0.05, 0.1) is 15.9 Å². The molecule has 96 valence electrons. The molecule has 0 spiro atoms. The summed E-state index contributed by atoms with van der Waals surface area (Å²) in [5.41, 5.74) is 2.00. The Labute approximate surface area is 113 Å². The first kappa shape index (κ1) is 11.9. The zero-order valence-corrected chi connectivity index (χ0v) is 11.0. The van der Waals surface area contributed by atoms with E-state index in [2.05, 4.69) is 10.3 Å². The third-order valence-electron chi connectivity index (χ3n) is 2.86. The first-order chi connectivity index (χ1) is 9.17. The molecule has 3 aromatic rings. The van der Waals surface area contributed by atoms with Gasteiger partial charge >= 0.3 is 0 Å². The molecule has 5 heteroatoms. The lowest BCUT2D eigenvalue weighted by Gasteiger charge is -2.03. The molecule has 19 heavy (non-hydrogen) atoms. The Kier molecular flexibility index (Phi) is 2.83. The molecule has 0 bridgehead atoms. The van der Waals surface area contributed by atoms with Gasteiger partial charge in [-0.05, 0) is 36.4 Å². The molecular formula is C14H11FN2OS. The average Bonchev–Trinajstić information content (AvgIpc) is 2.81. The molecule has 0 atom stereocenters. The Morgan fingerprint density at radius 2 is 2.05 bits per heavy atom. The van der Waals surface area contributed by atoms with Gasteiger partial charge in [-0.25, -0.2) is 9.37 Å². The van der Waals surface area contributed by atoms with Crippen molar-refractivity contribution in [2.75, 3.05) is 12.4 Å². The number of aromatic hydroxyl groups is 1. The van der Waals surface area contributed by atoms with E-state index in [1.807, 2.05) is 6.07 Å². The SMILES string of the molecule is CNc1ccc(-c2nc3ccc(O)cc3s2)cc1[18F]. The molecule has 0 aliphatic heterocycles. The van der Waals surface area contributed by atoms with Crippen LogP contribution in [-0.4, -0.2) is 17.1 Å². The van der Waals surface area contributed by atoms with E-state index in [0.29, 0.717) is 5.69 Å². The van der Waals surface area contributed by atoms with Crippen LogP contribution in [0.15, 0.2) is 36.4 Å². The van der Waals surface area contributed by atoms with Crippen LogP contribution in [0, 0.1) is 5.82 Å². The second-order valence-electron chi connectivity index (χ2n) is 4.12. The lowest BCUT2D eigenvalue weighted by Crippen LogP contribution is -1.92. The fourth-order valence-electron chi connectivity index (χ4n) is 1.89. The molecule has 0 radical (unpaired) electrons. The predicted molar refractivity (Wildman–Crippen MR) is 76.2 cm³/mol. The van der Waals surface area contributed by atoms with Crippen molar-refractivity contribution >= 4 is 27.2 Å². The van der Waals surface area contributed by atoms with Crippen molar-refractivity contribution in [3.05, 3.63) is 42.2 Å². The molecule has 0 aliphatic carbocycles. The fraction of sp³-hybridized carbons (Fsp3) is 0.0714. The number of aromatic nitrogens is 1. The summed E-state index contributed by atoms with van der Waals surface area (Å²) in [6.45, 7) is 0. The monoisotopic (exact) mass is 273 g/mol. The number of benzene rings is 2. The highest BCUT2D eigenvalue weighted by Crippen LogP contribution is 2.33. The largest absolute Gasteiger partial charge is 0.508 e. The van der Waals surface area contributed by atoms with Gasteiger partial charge < -0.3 is 10.4 Å². The quantitative estimate of drug-likeness (QED) is 0.745. The third kappa shape index (κ3) is 2.13. The summed E-state index contributed by atoms with van der Waals surface area (Å²) in [6.07, 6.45) is 0. The van der Waals surface area contributed by atoms with E-state index in [1.54, 1.807) is 31.3 Å². The van der Waals surface area contributed by atoms with Crippen molar-refractivity contribution < 1.29 is 9.50 Å². The molecule has 1 heterocycles. The number of hydrogen-bond donors (Lipinski definition) is 2. The van der Waals surface area contributed by atoms with Gasteiger partial charge in [-0.15, -0.1) is 11.3 Å². The van der Waals surface area contributed by atoms with Gasteiger partial charge in [-0.2, -0.15) is 0 Å². The van der Waals surface area contributed by atoms with Crippen molar-refractivity contribution in [1.29, 1.82) is 0 Å². The highest BCUT2D eigenvalue weighted by Gasteiger charge is 2.09. The van der Waals surface area contributed by atoms with Crippen molar-refractivity contribution in [3.8, 4) is 16.3 Å². The van der Waals surface area contributed by atoms with Gasteiger partial charge in [-0.3, -0.25) is 0 Å². The summed E-state index contributed by atoms with van der Waals surface area (Å²) in [5, 5.41) is 13.0. The summed E-state index contributed by atoms with van der Waals surface area (Å²) < 4.78 is 14.6. The van der Waals surface area contributed by atoms with E-state index >= 15 is 0 Å². The van der Waals surface area contributed by atoms with E-state index in [4.69, 9.17) is 0 Å². The summed E-state index contributed by atoms with van der Waals surface area (Å²) in [5.74, 6) is -0.0958. The highest BCUT2D eigenvalue weighted by molar-refractivity contribution is 7.21. The van der Waals surface area contributed by atoms with Crippen LogP contribution in [0.4, 0.5) is 10.1 Å². The zero-order valence-electron chi connectivity index (χ0n) is 10.1. The van der Waals surface area contributed by atoms with Crippen LogP contribution in [0.5, 0.6) is 5.75 Å². The zero-order chi connectivity index (χ0) is 13.4. The van der Waals surface area contributed by atoms with Crippen LogP contribution in [0.25, 0.3) is 20.8 Å². The number of phenols is 1. The standard InChI is InChI=1S/C14H11FN2OS/c1-16-11-4-2-8(6-10(11)15)14-17-12-5-3-9(18)7-13(12)19-14/h2-7,16,18H,1H3/i15-1. The van der Waals surface area contributed by atoms with Gasteiger partial charge in [0.25, 0.3) is 0 Å². The Morgan fingerprint density at radius 1 is 1.21 bits per heavy atom. The van der Waals surface area contributed by atoms with Gasteiger partial charge in [0, 0.05) is 12.6 Å². The van der Waals surface area contributed by atoms with Gasteiger partial charge in [-0.1, -0.05) is 0 Å². The molecule has 2 aromatic carbocycles. The van der Waals surface area contributed by atoms with Crippen molar-refractivity contribution in [1.82, 2.24) is 4.98 Å². The molecular weight excluding hydrogens is 262 g/mol. The Balaban J connectivity index is 2.11. The molecule has 0 amide bonds. The van der Waals surface area contributed by atoms with Crippen molar-refractivity contribution in [2.45, 2.75) is 0 Å². The molecule has 0 saturated heterocycles. The number of thiazole rings is 1. The second kappa shape index (κ2) is 4.51. The van der Waals surface area contributed by atoms with Crippen LogP contribution >= 0.6 is 11.3 Å². The lowest BCUT2D eigenvalue weighted by atomic mass is 10.2. The van der Waals surface area contributed by atoms with E-state index in [1.165, 1.54) is 17.4 Å². The summed E-state index contributed by atoms with van der Waals surface area (Å²) in [6, 6.07) is 9.98. The fourth-order valence-corrected chi connectivity index (χ4v) is 2.88. The molecule has 0 fully saturated rings. The number of phenolic OH excluding ortho intramolecular Hbond substituents is 1. The third-order valence-corrected chi connectivity index (χ3v) is 3.92. The number of hydrogen-bond acceptors (Lipinski definition) is 4. The maximum atomic E-state index is 13.7. The topological polar surface area (TPSA) is 45.2 Å². The lowest BCUT2D eigenvalue weighted by molar-refractivity contribution is 0.476. The Bertz CT molecular complexity index is 754. The van der Waals surface area contributed by atoms with Crippen LogP contribution < -0.4 is 5.32 Å². The Hall–Kier alpha value is -2.14. The Morgan fingerprint density at radius 3 is 2.79 bits per heavy atom. The highest BCUT2D eigenvalue weighted by atomic mass is 32.1. The van der Waals surface area contributed by atoms with Crippen LogP contribution in [0.2, 0.25) is 0 Å². The van der Waals surface area contributed by atoms with E-state index in [-0.39, 0.29) is 11.6 Å². The first-order valence-corrected chi connectivity index (χ1v) is 6.56. The van der Waals surface area contributed by atoms with E-state index in [9.17, 15) is 9.50 Å². The maximum absolute atomic E-state index is 13.7. The van der Waals surface area contributed by atoms with Crippen molar-refractivity contribution in [2.24, 2.45) is 0 Å². The molecule has 0 unspecified atom stereocenters. The minimum Gasteiger partial charge on any atom is -0.508 e. The van der Waals surface area contributed by atoms with Gasteiger partial charge in [0.1, 0.15) is 16.6 Å². The average molecular weight is 273 g/mol. The number of halogens is 1. The summed E-state index contributed by atoms with van der Waals surface area (Å²) in [4.78, 5) is 4.44. The minimum absolute atomic E-state index is 0.208. The smallest absolute Gasteiger partial charge is 0.146 e. The second-order valence-corrected chi connectivity index (χ2v) is 5.15. The van der Waals surface area contributed by atoms with Gasteiger partial charge in [0.2, 0.25) is 0 Å².